The molecule has 0 bridgehead atoms. The summed E-state index contributed by atoms with van der Waals surface area (Å²) in [5.74, 6) is -0.601. The standard InChI is InChI=1S/C10H12N6O3S/c1-3-19-10(18)9-12-6(4-20-9)8(17)11-5(2)7-13-15-16-14-7/h4-5H,3H2,1-2H3,(H,11,17)(H,13,14,15,16). The average molecular weight is 296 g/mol. The first-order chi connectivity index (χ1) is 9.61. The van der Waals surface area contributed by atoms with E-state index in [1.807, 2.05) is 0 Å². The van der Waals surface area contributed by atoms with Gasteiger partial charge < -0.3 is 10.1 Å². The fourth-order valence-electron chi connectivity index (χ4n) is 1.35. The van der Waals surface area contributed by atoms with E-state index in [1.54, 1.807) is 13.8 Å². The van der Waals surface area contributed by atoms with E-state index in [9.17, 15) is 9.59 Å². The second kappa shape index (κ2) is 6.19. The maximum atomic E-state index is 11.9. The van der Waals surface area contributed by atoms with Gasteiger partial charge in [0.1, 0.15) is 5.69 Å². The number of esters is 1. The molecule has 20 heavy (non-hydrogen) atoms. The molecule has 0 saturated carbocycles. The van der Waals surface area contributed by atoms with Gasteiger partial charge >= 0.3 is 5.97 Å². The van der Waals surface area contributed by atoms with Gasteiger partial charge in [0.2, 0.25) is 5.01 Å². The fourth-order valence-corrected chi connectivity index (χ4v) is 2.04. The number of thiazole rings is 1. The Kier molecular flexibility index (Phi) is 4.35. The minimum atomic E-state index is -0.539. The van der Waals surface area contributed by atoms with Crippen LogP contribution in [0, 0.1) is 0 Å². The third-order valence-corrected chi connectivity index (χ3v) is 3.11. The average Bonchev–Trinajstić information content (AvgIpc) is 3.10. The molecule has 2 N–H and O–H groups in total. The molecule has 2 aromatic rings. The van der Waals surface area contributed by atoms with Gasteiger partial charge in [-0.1, -0.05) is 5.21 Å². The summed E-state index contributed by atoms with van der Waals surface area (Å²) in [7, 11) is 0. The number of carbonyl (C=O) groups is 2. The number of H-pyrrole nitrogens is 1. The van der Waals surface area contributed by atoms with Crippen LogP contribution in [-0.2, 0) is 4.74 Å². The largest absolute Gasteiger partial charge is 0.461 e. The van der Waals surface area contributed by atoms with Crippen LogP contribution < -0.4 is 5.32 Å². The number of tetrazole rings is 1. The number of carbonyl (C=O) groups excluding carboxylic acids is 2. The fraction of sp³-hybridized carbons (Fsp3) is 0.400. The molecular formula is C10H12N6O3S. The SMILES string of the molecule is CCOC(=O)c1nc(C(=O)NC(C)c2nn[nH]n2)cs1. The highest BCUT2D eigenvalue weighted by Crippen LogP contribution is 2.12. The number of aromatic amines is 1. The van der Waals surface area contributed by atoms with Crippen molar-refractivity contribution in [2.45, 2.75) is 19.9 Å². The van der Waals surface area contributed by atoms with E-state index < -0.39 is 17.9 Å². The Morgan fingerprint density at radius 1 is 1.55 bits per heavy atom. The van der Waals surface area contributed by atoms with Crippen LogP contribution in [0.1, 0.15) is 46.0 Å². The molecule has 0 aliphatic carbocycles. The number of amides is 1. The van der Waals surface area contributed by atoms with Gasteiger partial charge in [-0.15, -0.1) is 21.5 Å². The summed E-state index contributed by atoms with van der Waals surface area (Å²) in [6, 6.07) is -0.422. The van der Waals surface area contributed by atoms with Crippen molar-refractivity contribution in [3.05, 3.63) is 21.9 Å². The van der Waals surface area contributed by atoms with Gasteiger partial charge in [0.05, 0.1) is 12.6 Å². The van der Waals surface area contributed by atoms with Crippen molar-refractivity contribution in [2.24, 2.45) is 0 Å². The number of hydrogen-bond acceptors (Lipinski definition) is 8. The van der Waals surface area contributed by atoms with Crippen LogP contribution in [0.5, 0.6) is 0 Å². The van der Waals surface area contributed by atoms with Crippen molar-refractivity contribution in [2.75, 3.05) is 6.61 Å². The lowest BCUT2D eigenvalue weighted by atomic mass is 10.3. The monoisotopic (exact) mass is 296 g/mol. The normalized spacial score (nSPS) is 11.9. The molecule has 2 aromatic heterocycles. The van der Waals surface area contributed by atoms with Crippen LogP contribution >= 0.6 is 11.3 Å². The Morgan fingerprint density at radius 2 is 2.35 bits per heavy atom. The van der Waals surface area contributed by atoms with Gasteiger partial charge in [0, 0.05) is 5.38 Å². The van der Waals surface area contributed by atoms with Crippen LogP contribution in [0.15, 0.2) is 5.38 Å². The van der Waals surface area contributed by atoms with Crippen LogP contribution in [-0.4, -0.2) is 44.1 Å². The lowest BCUT2D eigenvalue weighted by Gasteiger charge is -2.07. The van der Waals surface area contributed by atoms with Crippen LogP contribution in [0.4, 0.5) is 0 Å². The van der Waals surface area contributed by atoms with Gasteiger partial charge in [0.15, 0.2) is 5.82 Å². The topological polar surface area (TPSA) is 123 Å². The van der Waals surface area contributed by atoms with E-state index in [0.717, 1.165) is 11.3 Å². The second-order valence-electron chi connectivity index (χ2n) is 3.72. The molecule has 9 nitrogen and oxygen atoms in total. The zero-order valence-corrected chi connectivity index (χ0v) is 11.6. The molecule has 0 aliphatic heterocycles. The predicted octanol–water partition coefficient (Wildman–Crippen LogP) is 0.324. The first-order valence-electron chi connectivity index (χ1n) is 5.78. The van der Waals surface area contributed by atoms with Crippen molar-refractivity contribution in [3.8, 4) is 0 Å². The lowest BCUT2D eigenvalue weighted by molar-refractivity contribution is 0.0526. The smallest absolute Gasteiger partial charge is 0.367 e. The molecule has 1 unspecified atom stereocenters. The summed E-state index contributed by atoms with van der Waals surface area (Å²) < 4.78 is 4.81. The molecule has 1 atom stereocenters. The Morgan fingerprint density at radius 3 is 3.00 bits per heavy atom. The van der Waals surface area contributed by atoms with Gasteiger partial charge in [0.25, 0.3) is 5.91 Å². The minimum absolute atomic E-state index is 0.143. The van der Waals surface area contributed by atoms with Crippen LogP contribution in [0.2, 0.25) is 0 Å². The number of aromatic nitrogens is 5. The zero-order valence-electron chi connectivity index (χ0n) is 10.8. The number of ether oxygens (including phenoxy) is 1. The van der Waals surface area contributed by atoms with E-state index >= 15 is 0 Å². The molecule has 0 saturated heterocycles. The van der Waals surface area contributed by atoms with Crippen LogP contribution in [0.25, 0.3) is 0 Å². The van der Waals surface area contributed by atoms with Gasteiger partial charge in [-0.25, -0.2) is 9.78 Å². The quantitative estimate of drug-likeness (QED) is 0.762. The van der Waals surface area contributed by atoms with Crippen molar-refractivity contribution in [1.29, 1.82) is 0 Å². The van der Waals surface area contributed by atoms with Gasteiger partial charge in [-0.3, -0.25) is 4.79 Å². The molecule has 106 valence electrons. The first kappa shape index (κ1) is 14.1. The Hall–Kier alpha value is -2.36. The lowest BCUT2D eigenvalue weighted by Crippen LogP contribution is -2.27. The summed E-state index contributed by atoms with van der Waals surface area (Å²) in [4.78, 5) is 27.3. The van der Waals surface area contributed by atoms with E-state index in [1.165, 1.54) is 5.38 Å². The van der Waals surface area contributed by atoms with Crippen molar-refractivity contribution < 1.29 is 14.3 Å². The zero-order chi connectivity index (χ0) is 14.5. The summed E-state index contributed by atoms with van der Waals surface area (Å²) in [6.45, 7) is 3.67. The van der Waals surface area contributed by atoms with Crippen molar-refractivity contribution >= 4 is 23.2 Å². The van der Waals surface area contributed by atoms with E-state index in [-0.39, 0.29) is 17.3 Å². The maximum Gasteiger partial charge on any atom is 0.367 e. The first-order valence-corrected chi connectivity index (χ1v) is 6.66. The van der Waals surface area contributed by atoms with Gasteiger partial charge in [-0.2, -0.15) is 5.21 Å². The molecule has 0 aliphatic rings. The van der Waals surface area contributed by atoms with Gasteiger partial charge in [-0.05, 0) is 13.8 Å². The molecule has 1 amide bonds. The van der Waals surface area contributed by atoms with Crippen molar-refractivity contribution in [3.63, 3.8) is 0 Å². The number of nitrogens with zero attached hydrogens (tertiary/aromatic N) is 4. The number of nitrogens with one attached hydrogen (secondary N) is 2. The molecule has 0 aromatic carbocycles. The summed E-state index contributed by atoms with van der Waals surface area (Å²) in [6.07, 6.45) is 0. The van der Waals surface area contributed by atoms with Crippen LogP contribution in [0.3, 0.4) is 0 Å². The highest BCUT2D eigenvalue weighted by Gasteiger charge is 2.19. The highest BCUT2D eigenvalue weighted by molar-refractivity contribution is 7.11. The highest BCUT2D eigenvalue weighted by atomic mass is 32.1. The summed E-state index contributed by atoms with van der Waals surface area (Å²) in [5, 5.41) is 17.5. The Bertz CT molecular complexity index is 596. The molecule has 0 fully saturated rings. The molecule has 0 spiro atoms. The number of hydrogen-bond donors (Lipinski definition) is 2. The van der Waals surface area contributed by atoms with E-state index in [2.05, 4.69) is 30.9 Å². The van der Waals surface area contributed by atoms with E-state index in [4.69, 9.17) is 4.74 Å². The maximum absolute atomic E-state index is 11.9. The molecule has 10 heteroatoms. The molecule has 2 heterocycles. The minimum Gasteiger partial charge on any atom is -0.461 e. The summed E-state index contributed by atoms with van der Waals surface area (Å²) in [5.41, 5.74) is 0.147. The second-order valence-corrected chi connectivity index (χ2v) is 4.58. The third-order valence-electron chi connectivity index (χ3n) is 2.28. The Labute approximate surface area is 117 Å². The molecule has 2 rings (SSSR count). The third kappa shape index (κ3) is 3.15. The number of rotatable bonds is 5. The van der Waals surface area contributed by atoms with E-state index in [0.29, 0.717) is 5.82 Å². The molecule has 0 radical (unpaired) electrons. The predicted molar refractivity (Wildman–Crippen MR) is 68.1 cm³/mol. The van der Waals surface area contributed by atoms with Crippen molar-refractivity contribution in [1.82, 2.24) is 30.9 Å². The molecular weight excluding hydrogens is 284 g/mol. The Balaban J connectivity index is 2.01. The summed E-state index contributed by atoms with van der Waals surface area (Å²) >= 11 is 1.05.